The Hall–Kier alpha value is -1.81. The highest BCUT2D eigenvalue weighted by Gasteiger charge is 2.11. The number of hydrogen-bond donors (Lipinski definition) is 1. The molecule has 4 heteroatoms. The minimum Gasteiger partial charge on any atom is -0.355 e. The van der Waals surface area contributed by atoms with Crippen molar-refractivity contribution in [2.75, 3.05) is 12.3 Å². The first-order valence-electron chi connectivity index (χ1n) is 7.96. The molecular formula is C19H20FNOS. The molecule has 0 unspecified atom stereocenters. The van der Waals surface area contributed by atoms with Crippen molar-refractivity contribution < 1.29 is 9.18 Å². The third-order valence-corrected chi connectivity index (χ3v) is 5.06. The monoisotopic (exact) mass is 329 g/mol. The number of hydrogen-bond acceptors (Lipinski definition) is 2. The third-order valence-electron chi connectivity index (χ3n) is 4.06. The van der Waals surface area contributed by atoms with Crippen LogP contribution >= 0.6 is 11.8 Å². The van der Waals surface area contributed by atoms with E-state index in [1.165, 1.54) is 36.1 Å². The first-order valence-corrected chi connectivity index (χ1v) is 8.95. The van der Waals surface area contributed by atoms with Crippen LogP contribution in [0.5, 0.6) is 0 Å². The van der Waals surface area contributed by atoms with E-state index in [2.05, 4.69) is 23.5 Å². The molecule has 0 aromatic heterocycles. The molecule has 2 aromatic rings. The first-order chi connectivity index (χ1) is 11.2. The second-order valence-corrected chi connectivity index (χ2v) is 6.85. The van der Waals surface area contributed by atoms with Gasteiger partial charge >= 0.3 is 0 Å². The number of carbonyl (C=O) groups excluding carboxylic acids is 1. The fraction of sp³-hybridized carbons (Fsp3) is 0.316. The molecule has 0 fully saturated rings. The first kappa shape index (κ1) is 16.1. The summed E-state index contributed by atoms with van der Waals surface area (Å²) in [4.78, 5) is 13.1. The Kier molecular flexibility index (Phi) is 5.34. The van der Waals surface area contributed by atoms with Crippen molar-refractivity contribution in [3.63, 3.8) is 0 Å². The highest BCUT2D eigenvalue weighted by atomic mass is 32.2. The van der Waals surface area contributed by atoms with Gasteiger partial charge in [-0.15, -0.1) is 11.8 Å². The maximum Gasteiger partial charge on any atom is 0.230 e. The van der Waals surface area contributed by atoms with E-state index in [-0.39, 0.29) is 11.7 Å². The van der Waals surface area contributed by atoms with Gasteiger partial charge in [0.15, 0.2) is 0 Å². The predicted octanol–water partition coefficient (Wildman–Crippen LogP) is 3.77. The lowest BCUT2D eigenvalue weighted by Gasteiger charge is -2.07. The Morgan fingerprint density at radius 2 is 2.00 bits per heavy atom. The van der Waals surface area contributed by atoms with E-state index >= 15 is 0 Å². The molecule has 120 valence electrons. The maximum atomic E-state index is 13.1. The van der Waals surface area contributed by atoms with Crippen LogP contribution in [0.1, 0.15) is 23.1 Å². The van der Waals surface area contributed by atoms with E-state index in [1.54, 1.807) is 17.8 Å². The normalized spacial score (nSPS) is 12.9. The third kappa shape index (κ3) is 4.58. The highest BCUT2D eigenvalue weighted by Crippen LogP contribution is 2.27. The van der Waals surface area contributed by atoms with Crippen LogP contribution in [0.3, 0.4) is 0 Å². The molecule has 1 aliphatic carbocycles. The summed E-state index contributed by atoms with van der Waals surface area (Å²) < 4.78 is 13.1. The number of aryl methyl sites for hydroxylation is 2. The summed E-state index contributed by atoms with van der Waals surface area (Å²) in [7, 11) is 0. The number of carbonyl (C=O) groups is 1. The standard InChI is InChI=1S/C19H20FNOS/c20-17-6-1-3-14(11-17)9-10-21-19(22)13-23-18-8-7-15-4-2-5-16(15)12-18/h1,3,6-8,11-12H,2,4-5,9-10,13H2,(H,21,22). The molecule has 0 saturated carbocycles. The van der Waals surface area contributed by atoms with Gasteiger partial charge in [0, 0.05) is 11.4 Å². The number of amides is 1. The molecule has 0 spiro atoms. The maximum absolute atomic E-state index is 13.1. The van der Waals surface area contributed by atoms with E-state index in [0.717, 1.165) is 16.9 Å². The van der Waals surface area contributed by atoms with E-state index in [4.69, 9.17) is 0 Å². The van der Waals surface area contributed by atoms with Gasteiger partial charge in [-0.1, -0.05) is 18.2 Å². The average molecular weight is 329 g/mol. The lowest BCUT2D eigenvalue weighted by Crippen LogP contribution is -2.27. The van der Waals surface area contributed by atoms with Gasteiger partial charge in [0.1, 0.15) is 5.82 Å². The quantitative estimate of drug-likeness (QED) is 0.818. The SMILES string of the molecule is O=C(CSc1ccc2c(c1)CCC2)NCCc1cccc(F)c1. The van der Waals surface area contributed by atoms with Crippen molar-refractivity contribution in [3.8, 4) is 0 Å². The van der Waals surface area contributed by atoms with Gasteiger partial charge in [0.25, 0.3) is 0 Å². The Morgan fingerprint density at radius 1 is 1.13 bits per heavy atom. The summed E-state index contributed by atoms with van der Waals surface area (Å²) in [6.45, 7) is 0.535. The van der Waals surface area contributed by atoms with Gasteiger partial charge in [0.05, 0.1) is 5.75 Å². The lowest BCUT2D eigenvalue weighted by molar-refractivity contribution is -0.118. The summed E-state index contributed by atoms with van der Waals surface area (Å²) in [6, 6.07) is 13.0. The average Bonchev–Trinajstić information content (AvgIpc) is 3.00. The number of rotatable bonds is 6. The Morgan fingerprint density at radius 3 is 2.87 bits per heavy atom. The predicted molar refractivity (Wildman–Crippen MR) is 92.3 cm³/mol. The summed E-state index contributed by atoms with van der Waals surface area (Å²) in [5.41, 5.74) is 3.78. The van der Waals surface area contributed by atoms with Crippen LogP contribution in [0.4, 0.5) is 4.39 Å². The summed E-state index contributed by atoms with van der Waals surface area (Å²) >= 11 is 1.57. The Labute approximate surface area is 140 Å². The minimum atomic E-state index is -0.235. The van der Waals surface area contributed by atoms with Crippen LogP contribution in [-0.2, 0) is 24.1 Å². The second kappa shape index (κ2) is 7.64. The summed E-state index contributed by atoms with van der Waals surface area (Å²) in [6.07, 6.45) is 4.22. The van der Waals surface area contributed by atoms with Gasteiger partial charge in [-0.3, -0.25) is 4.79 Å². The van der Waals surface area contributed by atoms with E-state index < -0.39 is 0 Å². The van der Waals surface area contributed by atoms with Crippen molar-refractivity contribution >= 4 is 17.7 Å². The van der Waals surface area contributed by atoms with Crippen molar-refractivity contribution in [3.05, 3.63) is 65.0 Å². The fourth-order valence-electron chi connectivity index (χ4n) is 2.88. The van der Waals surface area contributed by atoms with Gasteiger partial charge in [-0.05, 0) is 66.6 Å². The topological polar surface area (TPSA) is 29.1 Å². The smallest absolute Gasteiger partial charge is 0.230 e. The molecule has 0 saturated heterocycles. The molecule has 1 aliphatic rings. The Bertz CT molecular complexity index is 702. The minimum absolute atomic E-state index is 0.0203. The number of fused-ring (bicyclic) bond motifs is 1. The summed E-state index contributed by atoms with van der Waals surface area (Å²) in [5, 5.41) is 2.89. The zero-order valence-electron chi connectivity index (χ0n) is 13.0. The molecule has 23 heavy (non-hydrogen) atoms. The van der Waals surface area contributed by atoms with Crippen molar-refractivity contribution in [1.29, 1.82) is 0 Å². The van der Waals surface area contributed by atoms with Gasteiger partial charge in [-0.25, -0.2) is 4.39 Å². The largest absolute Gasteiger partial charge is 0.355 e. The molecule has 3 rings (SSSR count). The molecule has 0 aliphatic heterocycles. The zero-order valence-corrected chi connectivity index (χ0v) is 13.8. The molecular weight excluding hydrogens is 309 g/mol. The van der Waals surface area contributed by atoms with E-state index in [9.17, 15) is 9.18 Å². The van der Waals surface area contributed by atoms with Gasteiger partial charge < -0.3 is 5.32 Å². The van der Waals surface area contributed by atoms with Crippen LogP contribution in [-0.4, -0.2) is 18.2 Å². The highest BCUT2D eigenvalue weighted by molar-refractivity contribution is 8.00. The van der Waals surface area contributed by atoms with Crippen LogP contribution < -0.4 is 5.32 Å². The number of nitrogens with one attached hydrogen (secondary N) is 1. The number of thioether (sulfide) groups is 1. The fourth-order valence-corrected chi connectivity index (χ4v) is 3.67. The molecule has 1 amide bonds. The van der Waals surface area contributed by atoms with Crippen molar-refractivity contribution in [1.82, 2.24) is 5.32 Å². The molecule has 0 atom stereocenters. The van der Waals surface area contributed by atoms with Gasteiger partial charge in [0.2, 0.25) is 5.91 Å². The van der Waals surface area contributed by atoms with Crippen LogP contribution in [0.15, 0.2) is 47.4 Å². The summed E-state index contributed by atoms with van der Waals surface area (Å²) in [5.74, 6) is 0.204. The molecule has 0 bridgehead atoms. The van der Waals surface area contributed by atoms with Crippen LogP contribution in [0.2, 0.25) is 0 Å². The lowest BCUT2D eigenvalue weighted by atomic mass is 10.1. The second-order valence-electron chi connectivity index (χ2n) is 5.80. The van der Waals surface area contributed by atoms with E-state index in [0.29, 0.717) is 18.7 Å². The number of benzene rings is 2. The molecule has 0 heterocycles. The molecule has 2 nitrogen and oxygen atoms in total. The molecule has 1 N–H and O–H groups in total. The zero-order chi connectivity index (χ0) is 16.1. The Balaban J connectivity index is 1.41. The van der Waals surface area contributed by atoms with E-state index in [1.807, 2.05) is 6.07 Å². The van der Waals surface area contributed by atoms with Crippen molar-refractivity contribution in [2.24, 2.45) is 0 Å². The van der Waals surface area contributed by atoms with Crippen LogP contribution in [0, 0.1) is 5.82 Å². The molecule has 0 radical (unpaired) electrons. The molecule has 2 aromatic carbocycles. The van der Waals surface area contributed by atoms with Gasteiger partial charge in [-0.2, -0.15) is 0 Å². The van der Waals surface area contributed by atoms with Crippen LogP contribution in [0.25, 0.3) is 0 Å². The number of halogens is 1. The van der Waals surface area contributed by atoms with Crippen molar-refractivity contribution in [2.45, 2.75) is 30.6 Å².